The molecule has 5 atom stereocenters. The minimum Gasteiger partial charge on any atom is -0.598 e. The molecule has 0 radical (unpaired) electrons. The number of amides is 1. The van der Waals surface area contributed by atoms with Crippen LogP contribution in [0.25, 0.3) is 11.1 Å². The monoisotopic (exact) mass is 500 g/mol. The third-order valence-electron chi connectivity index (χ3n) is 6.04. The lowest BCUT2D eigenvalue weighted by atomic mass is 9.95. The van der Waals surface area contributed by atoms with E-state index in [1.807, 2.05) is 0 Å². The van der Waals surface area contributed by atoms with Crippen LogP contribution in [0.15, 0.2) is 36.4 Å². The van der Waals surface area contributed by atoms with Gasteiger partial charge < -0.3 is 14.2 Å². The molecule has 2 saturated heterocycles. The van der Waals surface area contributed by atoms with Gasteiger partial charge in [-0.1, -0.05) is 29.8 Å². The number of carbonyl (C=O) groups excluding carboxylic acids is 1. The first-order valence-electron chi connectivity index (χ1n) is 10.7. The number of rotatable bonds is 7. The molecule has 0 spiro atoms. The molecular formula is C23H24ClF3N2O3S. The van der Waals surface area contributed by atoms with Crippen molar-refractivity contribution in [3.63, 3.8) is 0 Å². The summed E-state index contributed by atoms with van der Waals surface area (Å²) in [5.41, 5.74) is 0.644. The highest BCUT2D eigenvalue weighted by atomic mass is 35.5. The van der Waals surface area contributed by atoms with E-state index in [-0.39, 0.29) is 46.3 Å². The maximum Gasteiger partial charge on any atom is 0.252 e. The molecule has 0 bridgehead atoms. The fourth-order valence-electron chi connectivity index (χ4n) is 4.26. The predicted octanol–water partition coefficient (Wildman–Crippen LogP) is 3.81. The van der Waals surface area contributed by atoms with E-state index in [9.17, 15) is 18.1 Å². The molecule has 33 heavy (non-hydrogen) atoms. The second kappa shape index (κ2) is 10.2. The third-order valence-corrected chi connectivity index (χ3v) is 7.32. The SMILES string of the molecule is CC[S+]([O-])N[C@H]1[C@@H](F)CN(C(=O)C2CCO2)[C@H]1Cc1cccc(-c2cc(F)cc(Cl)c2)c1F. The van der Waals surface area contributed by atoms with Crippen molar-refractivity contribution in [3.8, 4) is 11.1 Å². The van der Waals surface area contributed by atoms with Gasteiger partial charge in [-0.05, 0) is 42.7 Å². The van der Waals surface area contributed by atoms with Crippen LogP contribution in [0.5, 0.6) is 0 Å². The minimum atomic E-state index is -1.50. The Morgan fingerprint density at radius 1 is 1.33 bits per heavy atom. The number of carbonyl (C=O) groups is 1. The van der Waals surface area contributed by atoms with Crippen molar-refractivity contribution >= 4 is 28.9 Å². The quantitative estimate of drug-likeness (QED) is 0.587. The number of halogens is 4. The summed E-state index contributed by atoms with van der Waals surface area (Å²) in [7, 11) is 0. The van der Waals surface area contributed by atoms with Crippen molar-refractivity contribution in [2.24, 2.45) is 0 Å². The zero-order valence-electron chi connectivity index (χ0n) is 17.9. The lowest BCUT2D eigenvalue weighted by molar-refractivity contribution is -0.157. The molecule has 178 valence electrons. The smallest absolute Gasteiger partial charge is 0.252 e. The van der Waals surface area contributed by atoms with Crippen molar-refractivity contribution < 1.29 is 27.3 Å². The molecule has 2 aliphatic rings. The average Bonchev–Trinajstić information content (AvgIpc) is 3.02. The minimum absolute atomic E-state index is 0.0137. The van der Waals surface area contributed by atoms with Gasteiger partial charge in [0.15, 0.2) is 0 Å². The lowest BCUT2D eigenvalue weighted by Gasteiger charge is -2.34. The molecule has 0 saturated carbocycles. The fraction of sp³-hybridized carbons (Fsp3) is 0.435. The first-order valence-corrected chi connectivity index (χ1v) is 12.4. The molecule has 1 amide bonds. The van der Waals surface area contributed by atoms with Gasteiger partial charge in [-0.25, -0.2) is 13.2 Å². The summed E-state index contributed by atoms with van der Waals surface area (Å²) < 4.78 is 64.5. The van der Waals surface area contributed by atoms with E-state index in [0.717, 1.165) is 6.07 Å². The Morgan fingerprint density at radius 2 is 2.09 bits per heavy atom. The Labute approximate surface area is 198 Å². The van der Waals surface area contributed by atoms with Gasteiger partial charge in [0, 0.05) is 28.4 Å². The first-order chi connectivity index (χ1) is 15.8. The molecule has 2 aromatic rings. The summed E-state index contributed by atoms with van der Waals surface area (Å²) in [5.74, 6) is -1.29. The van der Waals surface area contributed by atoms with Gasteiger partial charge in [0.25, 0.3) is 5.91 Å². The zero-order chi connectivity index (χ0) is 23.7. The maximum absolute atomic E-state index is 15.5. The van der Waals surface area contributed by atoms with Gasteiger partial charge in [0.1, 0.15) is 35.7 Å². The van der Waals surface area contributed by atoms with Gasteiger partial charge in [-0.3, -0.25) is 4.79 Å². The standard InChI is InChI=1S/C23H24ClF3N2O3S/c1-2-33(31)28-22-18(26)12-29(23(30)20-6-7-32-20)19(22)10-13-4-3-5-17(21(13)27)14-8-15(24)11-16(25)9-14/h3-5,8-9,11,18-20,22,28H,2,6-7,10,12H2,1H3/t18-,19-,20?,22-,33?/m0/s1. The van der Waals surface area contributed by atoms with E-state index in [1.165, 1.54) is 23.1 Å². The number of likely N-dealkylation sites (tertiary alicyclic amines) is 1. The van der Waals surface area contributed by atoms with Crippen LogP contribution in [0.2, 0.25) is 5.02 Å². The van der Waals surface area contributed by atoms with E-state index in [0.29, 0.717) is 13.0 Å². The molecule has 5 nitrogen and oxygen atoms in total. The van der Waals surface area contributed by atoms with Crippen molar-refractivity contribution in [1.29, 1.82) is 0 Å². The lowest BCUT2D eigenvalue weighted by Crippen LogP contribution is -2.53. The zero-order valence-corrected chi connectivity index (χ0v) is 19.5. The number of ether oxygens (including phenoxy) is 1. The van der Waals surface area contributed by atoms with Gasteiger partial charge >= 0.3 is 0 Å². The summed E-state index contributed by atoms with van der Waals surface area (Å²) in [6.07, 6.45) is -1.58. The number of alkyl halides is 1. The molecule has 0 aromatic heterocycles. The molecular weight excluding hydrogens is 477 g/mol. The highest BCUT2D eigenvalue weighted by molar-refractivity contribution is 7.89. The largest absolute Gasteiger partial charge is 0.598 e. The molecule has 2 heterocycles. The number of nitrogens with one attached hydrogen (secondary N) is 1. The molecule has 10 heteroatoms. The maximum atomic E-state index is 15.5. The van der Waals surface area contributed by atoms with Crippen molar-refractivity contribution in [3.05, 3.63) is 58.6 Å². The van der Waals surface area contributed by atoms with Crippen molar-refractivity contribution in [2.75, 3.05) is 18.9 Å². The average molecular weight is 501 g/mol. The third kappa shape index (κ3) is 5.17. The Balaban J connectivity index is 1.66. The Bertz CT molecular complexity index is 1010. The first kappa shape index (κ1) is 24.3. The van der Waals surface area contributed by atoms with Crippen LogP contribution in [0.1, 0.15) is 18.9 Å². The molecule has 2 aromatic carbocycles. The van der Waals surface area contributed by atoms with E-state index in [2.05, 4.69) is 4.72 Å². The van der Waals surface area contributed by atoms with Crippen LogP contribution in [-0.2, 0) is 27.3 Å². The summed E-state index contributed by atoms with van der Waals surface area (Å²) in [4.78, 5) is 14.3. The number of hydrogen-bond acceptors (Lipinski definition) is 4. The van der Waals surface area contributed by atoms with E-state index < -0.39 is 47.4 Å². The van der Waals surface area contributed by atoms with E-state index >= 15 is 4.39 Å². The second-order valence-corrected chi connectivity index (χ2v) is 10.1. The normalized spacial score (nSPS) is 25.7. The highest BCUT2D eigenvalue weighted by Gasteiger charge is 2.48. The van der Waals surface area contributed by atoms with Crippen LogP contribution in [0, 0.1) is 11.6 Å². The Hall–Kier alpha value is -1.78. The topological polar surface area (TPSA) is 64.6 Å². The van der Waals surface area contributed by atoms with Crippen LogP contribution in [-0.4, -0.2) is 58.6 Å². The molecule has 2 unspecified atom stereocenters. The molecule has 2 aliphatic heterocycles. The summed E-state index contributed by atoms with van der Waals surface area (Å²) in [5, 5.41) is 0.134. The van der Waals surface area contributed by atoms with Crippen LogP contribution >= 0.6 is 11.6 Å². The highest BCUT2D eigenvalue weighted by Crippen LogP contribution is 2.32. The van der Waals surface area contributed by atoms with E-state index in [1.54, 1.807) is 19.1 Å². The summed E-state index contributed by atoms with van der Waals surface area (Å²) in [6.45, 7) is 1.96. The molecule has 1 N–H and O–H groups in total. The molecule has 0 aliphatic carbocycles. The van der Waals surface area contributed by atoms with Gasteiger partial charge in [0.05, 0.1) is 19.2 Å². The van der Waals surface area contributed by atoms with E-state index in [4.69, 9.17) is 16.3 Å². The van der Waals surface area contributed by atoms with Gasteiger partial charge in [-0.2, -0.15) is 0 Å². The van der Waals surface area contributed by atoms with Gasteiger partial charge in [-0.15, -0.1) is 4.72 Å². The Kier molecular flexibility index (Phi) is 7.55. The number of nitrogens with zero attached hydrogens (tertiary/aromatic N) is 1. The van der Waals surface area contributed by atoms with Crippen molar-refractivity contribution in [1.82, 2.24) is 9.62 Å². The number of hydrogen-bond donors (Lipinski definition) is 1. The summed E-state index contributed by atoms with van der Waals surface area (Å²) in [6, 6.07) is 6.73. The molecule has 4 rings (SSSR count). The second-order valence-electron chi connectivity index (χ2n) is 8.14. The van der Waals surface area contributed by atoms with Gasteiger partial charge in [0.2, 0.25) is 0 Å². The predicted molar refractivity (Wildman–Crippen MR) is 121 cm³/mol. The van der Waals surface area contributed by atoms with Crippen LogP contribution in [0.3, 0.4) is 0 Å². The number of benzene rings is 2. The molecule has 2 fully saturated rings. The fourth-order valence-corrected chi connectivity index (χ4v) is 5.26. The van der Waals surface area contributed by atoms with Crippen LogP contribution in [0.4, 0.5) is 13.2 Å². The van der Waals surface area contributed by atoms with Crippen LogP contribution < -0.4 is 4.72 Å². The van der Waals surface area contributed by atoms with Crippen molar-refractivity contribution in [2.45, 2.75) is 44.1 Å². The summed E-state index contributed by atoms with van der Waals surface area (Å²) >= 11 is 4.44. The Morgan fingerprint density at radius 3 is 2.73 bits per heavy atom.